The molecule has 3 rings (SSSR count). The van der Waals surface area contributed by atoms with E-state index in [0.717, 1.165) is 16.7 Å². The Morgan fingerprint density at radius 1 is 1.39 bits per heavy atom. The average Bonchev–Trinajstić information content (AvgIpc) is 2.92. The summed E-state index contributed by atoms with van der Waals surface area (Å²) in [6.45, 7) is 1.94. The first-order valence-corrected chi connectivity index (χ1v) is 5.75. The van der Waals surface area contributed by atoms with Gasteiger partial charge in [-0.1, -0.05) is 19.1 Å². The molecule has 2 heterocycles. The summed E-state index contributed by atoms with van der Waals surface area (Å²) in [5.74, 6) is 0.451. The molecule has 0 amide bonds. The van der Waals surface area contributed by atoms with Gasteiger partial charge < -0.3 is 10.7 Å². The van der Waals surface area contributed by atoms with Crippen molar-refractivity contribution in [2.24, 2.45) is 0 Å². The van der Waals surface area contributed by atoms with Gasteiger partial charge in [0.2, 0.25) is 5.95 Å². The number of anilines is 1. The van der Waals surface area contributed by atoms with Crippen molar-refractivity contribution >= 4 is 16.7 Å². The summed E-state index contributed by atoms with van der Waals surface area (Å²) >= 11 is 0. The molecule has 0 radical (unpaired) electrons. The zero-order valence-corrected chi connectivity index (χ0v) is 9.90. The lowest BCUT2D eigenvalue weighted by Gasteiger charge is -1.94. The van der Waals surface area contributed by atoms with E-state index in [-0.39, 0.29) is 11.2 Å². The molecule has 0 atom stereocenters. The third-order valence-corrected chi connectivity index (χ3v) is 2.95. The predicted octanol–water partition coefficient (Wildman–Crippen LogP) is 1.19. The molecule has 6 nitrogen and oxygen atoms in total. The summed E-state index contributed by atoms with van der Waals surface area (Å²) < 4.78 is 1.34. The molecule has 0 aliphatic heterocycles. The van der Waals surface area contributed by atoms with Gasteiger partial charge in [0.1, 0.15) is 5.69 Å². The van der Waals surface area contributed by atoms with E-state index in [1.54, 1.807) is 0 Å². The highest BCUT2D eigenvalue weighted by molar-refractivity contribution is 5.75. The van der Waals surface area contributed by atoms with Crippen LogP contribution < -0.4 is 11.3 Å². The fourth-order valence-corrected chi connectivity index (χ4v) is 1.96. The van der Waals surface area contributed by atoms with Crippen LogP contribution in [0.25, 0.3) is 17.0 Å². The van der Waals surface area contributed by atoms with Crippen LogP contribution in [-0.4, -0.2) is 19.7 Å². The number of aryl methyl sites for hydroxylation is 1. The van der Waals surface area contributed by atoms with Crippen LogP contribution in [-0.2, 0) is 6.42 Å². The first kappa shape index (κ1) is 10.6. The highest BCUT2D eigenvalue weighted by atomic mass is 16.1. The van der Waals surface area contributed by atoms with E-state index in [9.17, 15) is 4.79 Å². The second-order valence-electron chi connectivity index (χ2n) is 4.08. The van der Waals surface area contributed by atoms with Crippen LogP contribution in [0.3, 0.4) is 0 Å². The number of nitrogen functional groups attached to an aromatic ring is 1. The number of hydrogen-bond donors (Lipinski definition) is 3. The Kier molecular flexibility index (Phi) is 2.22. The molecule has 3 aromatic rings. The summed E-state index contributed by atoms with van der Waals surface area (Å²) in [6, 6.07) is 7.60. The largest absolute Gasteiger partial charge is 0.393 e. The van der Waals surface area contributed by atoms with E-state index >= 15 is 0 Å². The Hall–Kier alpha value is -2.50. The molecule has 0 saturated heterocycles. The minimum atomic E-state index is -0.272. The third-order valence-electron chi connectivity index (χ3n) is 2.95. The van der Waals surface area contributed by atoms with E-state index < -0.39 is 0 Å². The van der Waals surface area contributed by atoms with Crippen LogP contribution in [0.15, 0.2) is 29.1 Å². The topological polar surface area (TPSA) is 92.5 Å². The number of imidazole rings is 1. The minimum Gasteiger partial charge on any atom is -0.393 e. The Labute approximate surface area is 102 Å². The molecule has 0 fully saturated rings. The second kappa shape index (κ2) is 3.76. The normalized spacial score (nSPS) is 11.2. The number of benzene rings is 1. The van der Waals surface area contributed by atoms with Gasteiger partial charge in [0.15, 0.2) is 0 Å². The number of hydrogen-bond acceptors (Lipinski definition) is 3. The van der Waals surface area contributed by atoms with Crippen LogP contribution in [0.1, 0.15) is 12.6 Å². The predicted molar refractivity (Wildman–Crippen MR) is 69.8 cm³/mol. The van der Waals surface area contributed by atoms with Gasteiger partial charge in [-0.25, -0.2) is 4.98 Å². The number of rotatable bonds is 2. The Morgan fingerprint density at radius 3 is 2.83 bits per heavy atom. The Morgan fingerprint density at radius 2 is 2.17 bits per heavy atom. The fraction of sp³-hybridized carbons (Fsp3) is 0.167. The molecule has 6 heteroatoms. The zero-order chi connectivity index (χ0) is 12.7. The molecule has 18 heavy (non-hydrogen) atoms. The maximum Gasteiger partial charge on any atom is 0.297 e. The van der Waals surface area contributed by atoms with Crippen molar-refractivity contribution in [3.63, 3.8) is 0 Å². The van der Waals surface area contributed by atoms with Crippen LogP contribution in [0.5, 0.6) is 0 Å². The molecule has 0 aliphatic carbocycles. The number of aromatic amines is 2. The van der Waals surface area contributed by atoms with Crippen LogP contribution in [0.2, 0.25) is 0 Å². The maximum absolute atomic E-state index is 12.0. The van der Waals surface area contributed by atoms with Crippen molar-refractivity contribution in [1.82, 2.24) is 19.7 Å². The van der Waals surface area contributed by atoms with Crippen molar-refractivity contribution in [3.8, 4) is 5.95 Å². The molecule has 2 aromatic heterocycles. The van der Waals surface area contributed by atoms with E-state index in [1.165, 1.54) is 4.68 Å². The van der Waals surface area contributed by atoms with Crippen molar-refractivity contribution in [3.05, 3.63) is 40.3 Å². The van der Waals surface area contributed by atoms with Gasteiger partial charge in [-0.05, 0) is 18.6 Å². The molecular weight excluding hydrogens is 230 g/mol. The van der Waals surface area contributed by atoms with Crippen molar-refractivity contribution in [2.75, 3.05) is 5.73 Å². The Balaban J connectivity index is 2.23. The number of H-pyrrole nitrogens is 2. The first-order chi connectivity index (χ1) is 8.70. The number of para-hydroxylation sites is 2. The van der Waals surface area contributed by atoms with Crippen LogP contribution >= 0.6 is 0 Å². The molecule has 1 aromatic carbocycles. The van der Waals surface area contributed by atoms with Gasteiger partial charge in [-0.2, -0.15) is 4.68 Å². The second-order valence-corrected chi connectivity index (χ2v) is 4.08. The standard InChI is InChI=1S/C12H13N5O/c1-2-7-10(13)11(18)17(16-7)12-14-8-5-3-4-6-9(8)15-12/h3-6,16H,2,13H2,1H3,(H,14,15). The molecule has 0 saturated carbocycles. The number of aromatic nitrogens is 4. The van der Waals surface area contributed by atoms with E-state index in [1.807, 2.05) is 31.2 Å². The summed E-state index contributed by atoms with van der Waals surface area (Å²) in [7, 11) is 0. The molecule has 0 bridgehead atoms. The third kappa shape index (κ3) is 1.42. The van der Waals surface area contributed by atoms with E-state index in [0.29, 0.717) is 12.4 Å². The van der Waals surface area contributed by atoms with Gasteiger partial charge in [-0.15, -0.1) is 0 Å². The van der Waals surface area contributed by atoms with Crippen LogP contribution in [0, 0.1) is 0 Å². The van der Waals surface area contributed by atoms with Gasteiger partial charge in [0, 0.05) is 0 Å². The monoisotopic (exact) mass is 243 g/mol. The molecule has 0 aliphatic rings. The summed E-state index contributed by atoms with van der Waals surface area (Å²) in [4.78, 5) is 19.4. The van der Waals surface area contributed by atoms with Gasteiger partial charge >= 0.3 is 0 Å². The number of nitrogens with zero attached hydrogens (tertiary/aromatic N) is 2. The highest BCUT2D eigenvalue weighted by Gasteiger charge is 2.13. The van der Waals surface area contributed by atoms with E-state index in [4.69, 9.17) is 5.73 Å². The highest BCUT2D eigenvalue weighted by Crippen LogP contribution is 2.13. The molecule has 0 spiro atoms. The first-order valence-electron chi connectivity index (χ1n) is 5.75. The van der Waals surface area contributed by atoms with Crippen molar-refractivity contribution in [2.45, 2.75) is 13.3 Å². The lowest BCUT2D eigenvalue weighted by Crippen LogP contribution is -2.17. The quantitative estimate of drug-likeness (QED) is 0.631. The number of fused-ring (bicyclic) bond motifs is 1. The van der Waals surface area contributed by atoms with Gasteiger partial charge in [0.25, 0.3) is 5.56 Å². The summed E-state index contributed by atoms with van der Waals surface area (Å²) in [6.07, 6.45) is 0.675. The molecule has 4 N–H and O–H groups in total. The average molecular weight is 243 g/mol. The SMILES string of the molecule is CCc1[nH]n(-c2nc3ccccc3[nH]2)c(=O)c1N. The lowest BCUT2D eigenvalue weighted by atomic mass is 10.3. The summed E-state index contributed by atoms with van der Waals surface area (Å²) in [5.41, 5.74) is 8.13. The van der Waals surface area contributed by atoms with Crippen molar-refractivity contribution < 1.29 is 0 Å². The van der Waals surface area contributed by atoms with Crippen LogP contribution in [0.4, 0.5) is 5.69 Å². The molecule has 0 unspecified atom stereocenters. The lowest BCUT2D eigenvalue weighted by molar-refractivity contribution is 0.780. The van der Waals surface area contributed by atoms with Gasteiger partial charge in [0.05, 0.1) is 16.7 Å². The van der Waals surface area contributed by atoms with E-state index in [2.05, 4.69) is 15.1 Å². The smallest absolute Gasteiger partial charge is 0.297 e. The zero-order valence-electron chi connectivity index (χ0n) is 9.90. The molecule has 92 valence electrons. The maximum atomic E-state index is 12.0. The number of nitrogens with one attached hydrogen (secondary N) is 2. The molecular formula is C12H13N5O. The van der Waals surface area contributed by atoms with Crippen molar-refractivity contribution in [1.29, 1.82) is 0 Å². The van der Waals surface area contributed by atoms with Gasteiger partial charge in [-0.3, -0.25) is 9.89 Å². The fourth-order valence-electron chi connectivity index (χ4n) is 1.96. The number of nitrogens with two attached hydrogens (primary N) is 1. The minimum absolute atomic E-state index is 0.248. The summed E-state index contributed by atoms with van der Waals surface area (Å²) in [5, 5.41) is 2.96. The Bertz CT molecular complexity index is 731.